The van der Waals surface area contributed by atoms with Gasteiger partial charge in [0.2, 0.25) is 0 Å². The van der Waals surface area contributed by atoms with Gasteiger partial charge in [-0.05, 0) is 39.6 Å². The molecule has 0 saturated carbocycles. The number of likely N-dealkylation sites (N-methyl/N-ethyl adjacent to an activating group) is 1. The van der Waals surface area contributed by atoms with Gasteiger partial charge in [0.05, 0.1) is 5.56 Å². The molecule has 1 aliphatic heterocycles. The number of esters is 1. The Kier molecular flexibility index (Phi) is 17.1. The van der Waals surface area contributed by atoms with Crippen LogP contribution in [0.5, 0.6) is 0 Å². The molecule has 7 atom stereocenters. The van der Waals surface area contributed by atoms with Gasteiger partial charge < -0.3 is 50.5 Å². The van der Waals surface area contributed by atoms with Crippen LogP contribution in [0.4, 0.5) is 0 Å². The second-order valence-corrected chi connectivity index (χ2v) is 9.80. The van der Waals surface area contributed by atoms with Gasteiger partial charge in [0.1, 0.15) is 6.10 Å². The summed E-state index contributed by atoms with van der Waals surface area (Å²) < 4.78 is 5.76. The van der Waals surface area contributed by atoms with Crippen molar-refractivity contribution >= 4 is 29.8 Å². The zero-order valence-corrected chi connectivity index (χ0v) is 23.7. The lowest BCUT2D eigenvalue weighted by molar-refractivity contribution is -0.165. The van der Waals surface area contributed by atoms with Crippen LogP contribution in [0.1, 0.15) is 30.6 Å². The van der Waals surface area contributed by atoms with E-state index in [4.69, 9.17) is 45.6 Å². The average Bonchev–Trinajstić information content (AvgIpc) is 2.93. The maximum atomic E-state index is 12.2. The summed E-state index contributed by atoms with van der Waals surface area (Å²) in [6.07, 6.45) is -8.14. The summed E-state index contributed by atoms with van der Waals surface area (Å²) >= 11 is 0. The Labute approximate surface area is 242 Å². The van der Waals surface area contributed by atoms with E-state index in [1.165, 1.54) is 0 Å². The number of carbonyl (C=O) groups is 5. The van der Waals surface area contributed by atoms with Gasteiger partial charge in [-0.3, -0.25) is 4.90 Å². The Bertz CT molecular complexity index is 950. The average molecular weight is 605 g/mol. The first-order valence-electron chi connectivity index (χ1n) is 12.7. The van der Waals surface area contributed by atoms with Crippen LogP contribution in [0.25, 0.3) is 0 Å². The van der Waals surface area contributed by atoms with Crippen LogP contribution in [0.2, 0.25) is 0 Å². The highest BCUT2D eigenvalue weighted by Gasteiger charge is 2.33. The van der Waals surface area contributed by atoms with E-state index in [0.717, 1.165) is 26.1 Å². The normalized spacial score (nSPS) is 21.2. The van der Waals surface area contributed by atoms with Crippen LogP contribution in [-0.2, 0) is 23.9 Å². The van der Waals surface area contributed by atoms with Crippen LogP contribution < -0.4 is 0 Å². The molecule has 0 aromatic heterocycles. The highest BCUT2D eigenvalue weighted by atomic mass is 16.5. The summed E-state index contributed by atoms with van der Waals surface area (Å²) in [6, 6.07) is 9.71. The van der Waals surface area contributed by atoms with Gasteiger partial charge in [-0.15, -0.1) is 0 Å². The molecule has 1 aliphatic rings. The highest BCUT2D eigenvalue weighted by molar-refractivity contribution is 5.89. The Morgan fingerprint density at radius 1 is 0.810 bits per heavy atom. The van der Waals surface area contributed by atoms with E-state index in [0.29, 0.717) is 17.5 Å². The SMILES string of the molecule is CC1CN(CCN(C)C)C(C)CC1OC(=O)c1ccccc1.O=C(O)[C@H](O)[C@@H](O)C(=O)O.O=C(O)[C@H](O)[C@@H](O)C(=O)O. The van der Waals surface area contributed by atoms with Gasteiger partial charge in [0.15, 0.2) is 24.4 Å². The van der Waals surface area contributed by atoms with Crippen molar-refractivity contribution in [1.82, 2.24) is 9.80 Å². The number of aliphatic hydroxyl groups excluding tert-OH is 4. The Hall–Kier alpha value is -3.67. The zero-order valence-electron chi connectivity index (χ0n) is 23.7. The number of hydrogen-bond acceptors (Lipinski definition) is 12. The minimum absolute atomic E-state index is 0.0123. The van der Waals surface area contributed by atoms with Crippen LogP contribution in [-0.4, -0.2) is 151 Å². The summed E-state index contributed by atoms with van der Waals surface area (Å²) in [5, 5.41) is 65.1. The first-order valence-corrected chi connectivity index (χ1v) is 12.7. The first kappa shape index (κ1) is 38.3. The molecular weight excluding hydrogens is 564 g/mol. The van der Waals surface area contributed by atoms with E-state index in [-0.39, 0.29) is 12.1 Å². The quantitative estimate of drug-likeness (QED) is 0.130. The number of carbonyl (C=O) groups excluding carboxylic acids is 1. The van der Waals surface area contributed by atoms with Crippen molar-refractivity contribution in [1.29, 1.82) is 0 Å². The van der Waals surface area contributed by atoms with Crippen molar-refractivity contribution in [3.63, 3.8) is 0 Å². The Balaban J connectivity index is 0.000000702. The summed E-state index contributed by atoms with van der Waals surface area (Å²) in [4.78, 5) is 56.0. The van der Waals surface area contributed by atoms with Crippen LogP contribution >= 0.6 is 0 Å². The van der Waals surface area contributed by atoms with Gasteiger partial charge in [-0.2, -0.15) is 0 Å². The highest BCUT2D eigenvalue weighted by Crippen LogP contribution is 2.25. The number of ether oxygens (including phenoxy) is 1. The molecule has 0 radical (unpaired) electrons. The number of rotatable bonds is 11. The molecule has 2 rings (SSSR count). The van der Waals surface area contributed by atoms with Gasteiger partial charge in [0.25, 0.3) is 0 Å². The molecule has 8 N–H and O–H groups in total. The van der Waals surface area contributed by atoms with Crippen molar-refractivity contribution in [2.45, 2.75) is 56.8 Å². The third-order valence-corrected chi connectivity index (χ3v) is 6.07. The molecule has 0 amide bonds. The van der Waals surface area contributed by atoms with E-state index >= 15 is 0 Å². The Morgan fingerprint density at radius 3 is 1.57 bits per heavy atom. The first-order chi connectivity index (χ1) is 19.4. The molecule has 1 aromatic carbocycles. The summed E-state index contributed by atoms with van der Waals surface area (Å²) in [7, 11) is 4.20. The monoisotopic (exact) mass is 604 g/mol. The largest absolute Gasteiger partial charge is 0.479 e. The fourth-order valence-corrected chi connectivity index (χ4v) is 3.51. The number of nitrogens with zero attached hydrogens (tertiary/aromatic N) is 2. The Morgan fingerprint density at radius 2 is 1.21 bits per heavy atom. The molecule has 238 valence electrons. The third-order valence-electron chi connectivity index (χ3n) is 6.07. The zero-order chi connectivity index (χ0) is 32.7. The van der Waals surface area contributed by atoms with Gasteiger partial charge >= 0.3 is 29.8 Å². The second kappa shape index (κ2) is 18.7. The number of aliphatic hydroxyl groups is 4. The summed E-state index contributed by atoms with van der Waals surface area (Å²) in [5.41, 5.74) is 0.636. The molecule has 16 nitrogen and oxygen atoms in total. The van der Waals surface area contributed by atoms with Crippen LogP contribution in [0.3, 0.4) is 0 Å². The molecule has 1 fully saturated rings. The smallest absolute Gasteiger partial charge is 0.338 e. The molecular formula is C26H40N2O14. The minimum atomic E-state index is -2.27. The number of carboxylic acid groups (broad SMARTS) is 4. The standard InChI is InChI=1S/C18H28N2O2.2C4H6O6/c1-14-13-20(11-10-19(3)4)15(2)12-17(14)22-18(21)16-8-6-5-7-9-16;2*5-1(3(7)8)2(6)4(9)10/h5-9,14-15,17H,10-13H2,1-4H3;2*1-2,5-6H,(H,7,8)(H,9,10)/t;2*1-,2-/m.11/s1. The molecule has 0 aliphatic carbocycles. The van der Waals surface area contributed by atoms with Crippen LogP contribution in [0, 0.1) is 5.92 Å². The molecule has 16 heteroatoms. The molecule has 0 bridgehead atoms. The van der Waals surface area contributed by atoms with Crippen molar-refractivity contribution < 1.29 is 69.6 Å². The topological polar surface area (TPSA) is 263 Å². The van der Waals surface area contributed by atoms with Crippen molar-refractivity contribution in [3.05, 3.63) is 35.9 Å². The van der Waals surface area contributed by atoms with E-state index in [1.54, 1.807) is 0 Å². The lowest BCUT2D eigenvalue weighted by Crippen LogP contribution is -2.50. The van der Waals surface area contributed by atoms with Gasteiger partial charge in [0, 0.05) is 31.6 Å². The lowest BCUT2D eigenvalue weighted by Gasteiger charge is -2.41. The molecule has 0 spiro atoms. The predicted molar refractivity (Wildman–Crippen MR) is 144 cm³/mol. The third kappa shape index (κ3) is 13.8. The van der Waals surface area contributed by atoms with E-state index in [9.17, 15) is 24.0 Å². The summed E-state index contributed by atoms with van der Waals surface area (Å²) in [5.74, 6) is -6.91. The van der Waals surface area contributed by atoms with Crippen LogP contribution in [0.15, 0.2) is 30.3 Å². The maximum absolute atomic E-state index is 12.2. The summed E-state index contributed by atoms with van der Waals surface area (Å²) in [6.45, 7) is 7.52. The van der Waals surface area contributed by atoms with Crippen molar-refractivity contribution in [2.75, 3.05) is 33.7 Å². The van der Waals surface area contributed by atoms with E-state index in [2.05, 4.69) is 37.7 Å². The number of likely N-dealkylation sites (tertiary alicyclic amines) is 1. The maximum Gasteiger partial charge on any atom is 0.338 e. The van der Waals surface area contributed by atoms with Crippen molar-refractivity contribution in [3.8, 4) is 0 Å². The van der Waals surface area contributed by atoms with Crippen molar-refractivity contribution in [2.24, 2.45) is 5.92 Å². The molecule has 1 saturated heterocycles. The molecule has 42 heavy (non-hydrogen) atoms. The lowest BCUT2D eigenvalue weighted by atomic mass is 9.91. The number of piperidine rings is 1. The van der Waals surface area contributed by atoms with Gasteiger partial charge in [-0.25, -0.2) is 24.0 Å². The molecule has 1 heterocycles. The second-order valence-electron chi connectivity index (χ2n) is 9.80. The minimum Gasteiger partial charge on any atom is -0.479 e. The number of hydrogen-bond donors (Lipinski definition) is 8. The van der Waals surface area contributed by atoms with E-state index in [1.807, 2.05) is 30.3 Å². The van der Waals surface area contributed by atoms with E-state index < -0.39 is 48.3 Å². The fourth-order valence-electron chi connectivity index (χ4n) is 3.51. The fraction of sp³-hybridized carbons (Fsp3) is 0.577. The number of carboxylic acids is 4. The number of benzene rings is 1. The molecule has 1 aromatic rings. The van der Waals surface area contributed by atoms with Gasteiger partial charge in [-0.1, -0.05) is 25.1 Å². The number of aliphatic carboxylic acids is 4. The molecule has 3 unspecified atom stereocenters. The predicted octanol–water partition coefficient (Wildman–Crippen LogP) is -1.74.